The largest absolute Gasteiger partial charge is 0.364 e. The minimum absolute atomic E-state index is 0.0533. The highest BCUT2D eigenvalue weighted by Gasteiger charge is 2.24. The molecule has 0 fully saturated rings. The molecular weight excluding hydrogens is 264 g/mol. The minimum atomic E-state index is -0.660. The molecule has 0 aliphatic carbocycles. The molecular formula is C11H10N6OS. The van der Waals surface area contributed by atoms with Gasteiger partial charge < -0.3 is 16.4 Å². The van der Waals surface area contributed by atoms with E-state index in [0.717, 1.165) is 16.9 Å². The van der Waals surface area contributed by atoms with Gasteiger partial charge in [0, 0.05) is 0 Å². The van der Waals surface area contributed by atoms with Crippen molar-refractivity contribution >= 4 is 34.7 Å². The number of aryl methyl sites for hydroxylation is 1. The first-order chi connectivity index (χ1) is 9.06. The molecule has 2 heterocycles. The van der Waals surface area contributed by atoms with Crippen LogP contribution in [0.25, 0.3) is 5.69 Å². The molecule has 4 N–H and O–H groups in total. The Morgan fingerprint density at radius 3 is 2.95 bits per heavy atom. The molecule has 0 atom stereocenters. The van der Waals surface area contributed by atoms with E-state index >= 15 is 0 Å². The number of rotatable bonds is 1. The van der Waals surface area contributed by atoms with E-state index in [1.54, 1.807) is 0 Å². The van der Waals surface area contributed by atoms with Crippen molar-refractivity contribution in [2.75, 3.05) is 10.6 Å². The molecule has 0 bridgehead atoms. The minimum Gasteiger partial charge on any atom is -0.364 e. The third kappa shape index (κ3) is 1.82. The zero-order chi connectivity index (χ0) is 13.6. The van der Waals surface area contributed by atoms with Gasteiger partial charge in [0.05, 0.1) is 11.4 Å². The van der Waals surface area contributed by atoms with E-state index in [1.165, 1.54) is 4.68 Å². The molecule has 1 aliphatic rings. The summed E-state index contributed by atoms with van der Waals surface area (Å²) in [6.45, 7) is 1.97. The molecule has 1 amide bonds. The quantitative estimate of drug-likeness (QED) is 0.665. The number of aromatic nitrogens is 3. The van der Waals surface area contributed by atoms with Crippen LogP contribution in [-0.2, 0) is 0 Å². The van der Waals surface area contributed by atoms with Crippen molar-refractivity contribution in [3.63, 3.8) is 0 Å². The number of carbonyl (C=O) groups is 1. The van der Waals surface area contributed by atoms with Gasteiger partial charge in [0.25, 0.3) is 5.91 Å². The Bertz CT molecular complexity index is 707. The number of nitrogens with zero attached hydrogens (tertiary/aromatic N) is 3. The normalized spacial score (nSPS) is 12.8. The van der Waals surface area contributed by atoms with Gasteiger partial charge in [-0.15, -0.1) is 5.10 Å². The molecule has 19 heavy (non-hydrogen) atoms. The third-order valence-electron chi connectivity index (χ3n) is 2.76. The van der Waals surface area contributed by atoms with Crippen molar-refractivity contribution in [1.82, 2.24) is 15.0 Å². The number of fused-ring (bicyclic) bond motifs is 3. The van der Waals surface area contributed by atoms with Crippen molar-refractivity contribution in [2.45, 2.75) is 6.92 Å². The maximum absolute atomic E-state index is 11.3. The summed E-state index contributed by atoms with van der Waals surface area (Å²) >= 11 is 5.16. The lowest BCUT2D eigenvalue weighted by Gasteiger charge is -2.07. The van der Waals surface area contributed by atoms with Gasteiger partial charge >= 0.3 is 0 Å². The lowest BCUT2D eigenvalue weighted by atomic mass is 10.2. The maximum atomic E-state index is 11.3. The number of anilines is 2. The summed E-state index contributed by atoms with van der Waals surface area (Å²) in [5.41, 5.74) is 7.93. The van der Waals surface area contributed by atoms with Crippen LogP contribution < -0.4 is 16.4 Å². The molecule has 0 spiro atoms. The van der Waals surface area contributed by atoms with Gasteiger partial charge in [-0.3, -0.25) is 4.79 Å². The number of hydrogen-bond donors (Lipinski definition) is 3. The van der Waals surface area contributed by atoms with E-state index in [2.05, 4.69) is 20.9 Å². The SMILES string of the molecule is Cc1ccc2c(c1)NC(=S)Nc1c(C(N)=O)nnn1-2. The highest BCUT2D eigenvalue weighted by atomic mass is 32.1. The number of benzene rings is 1. The number of carbonyl (C=O) groups excluding carboxylic acids is 1. The van der Waals surface area contributed by atoms with Crippen molar-refractivity contribution in [1.29, 1.82) is 0 Å². The van der Waals surface area contributed by atoms with Crippen molar-refractivity contribution in [3.05, 3.63) is 29.5 Å². The predicted molar refractivity (Wildman–Crippen MR) is 74.5 cm³/mol. The lowest BCUT2D eigenvalue weighted by Crippen LogP contribution is -2.21. The highest BCUT2D eigenvalue weighted by Crippen LogP contribution is 2.28. The zero-order valence-corrected chi connectivity index (χ0v) is 10.8. The fourth-order valence-electron chi connectivity index (χ4n) is 1.92. The van der Waals surface area contributed by atoms with E-state index in [1.807, 2.05) is 25.1 Å². The molecule has 1 aliphatic heterocycles. The van der Waals surface area contributed by atoms with E-state index in [0.29, 0.717) is 10.9 Å². The first kappa shape index (κ1) is 11.6. The zero-order valence-electron chi connectivity index (χ0n) is 9.97. The number of hydrogen-bond acceptors (Lipinski definition) is 4. The van der Waals surface area contributed by atoms with Crippen LogP contribution in [0.4, 0.5) is 11.5 Å². The summed E-state index contributed by atoms with van der Waals surface area (Å²) in [6, 6.07) is 5.74. The van der Waals surface area contributed by atoms with Crippen molar-refractivity contribution < 1.29 is 4.79 Å². The molecule has 2 aromatic rings. The monoisotopic (exact) mass is 274 g/mol. The van der Waals surface area contributed by atoms with Crippen LogP contribution in [0.3, 0.4) is 0 Å². The Hall–Kier alpha value is -2.48. The molecule has 0 radical (unpaired) electrons. The Morgan fingerprint density at radius 2 is 2.21 bits per heavy atom. The molecule has 0 saturated carbocycles. The highest BCUT2D eigenvalue weighted by molar-refractivity contribution is 7.80. The van der Waals surface area contributed by atoms with E-state index in [9.17, 15) is 4.79 Å². The molecule has 0 saturated heterocycles. The van der Waals surface area contributed by atoms with Gasteiger partial charge in [-0.2, -0.15) is 4.68 Å². The molecule has 1 aromatic carbocycles. The molecule has 7 nitrogen and oxygen atoms in total. The van der Waals surface area contributed by atoms with Crippen LogP contribution in [0, 0.1) is 6.92 Å². The summed E-state index contributed by atoms with van der Waals surface area (Å²) in [6.07, 6.45) is 0. The summed E-state index contributed by atoms with van der Waals surface area (Å²) in [7, 11) is 0. The second-order valence-corrected chi connectivity index (χ2v) is 4.57. The Labute approximate surface area is 113 Å². The fraction of sp³-hybridized carbons (Fsp3) is 0.0909. The summed E-state index contributed by atoms with van der Waals surface area (Å²) in [5.74, 6) is -0.292. The van der Waals surface area contributed by atoms with Gasteiger partial charge in [-0.05, 0) is 36.8 Å². The fourth-order valence-corrected chi connectivity index (χ4v) is 2.13. The maximum Gasteiger partial charge on any atom is 0.273 e. The Kier molecular flexibility index (Phi) is 2.46. The summed E-state index contributed by atoms with van der Waals surface area (Å²) < 4.78 is 1.50. The van der Waals surface area contributed by atoms with Crippen LogP contribution in [-0.4, -0.2) is 26.0 Å². The third-order valence-corrected chi connectivity index (χ3v) is 2.97. The van der Waals surface area contributed by atoms with Crippen LogP contribution >= 0.6 is 12.2 Å². The van der Waals surface area contributed by atoms with Gasteiger partial charge in [-0.25, -0.2) is 0 Å². The molecule has 3 rings (SSSR count). The van der Waals surface area contributed by atoms with E-state index in [4.69, 9.17) is 18.0 Å². The number of amides is 1. The van der Waals surface area contributed by atoms with Crippen LogP contribution in [0.5, 0.6) is 0 Å². The number of thiocarbonyl (C=S) groups is 1. The predicted octanol–water partition coefficient (Wildman–Crippen LogP) is 0.797. The lowest BCUT2D eigenvalue weighted by molar-refractivity contribution is 0.0996. The van der Waals surface area contributed by atoms with Crippen molar-refractivity contribution in [2.24, 2.45) is 5.73 Å². The topological polar surface area (TPSA) is 97.9 Å². The standard InChI is InChI=1S/C11H10N6OS/c1-5-2-3-7-6(4-5)13-11(19)14-10-8(9(12)18)15-16-17(7)10/h2-4H,1H3,(H2,12,18)(H2,13,14,19). The Balaban J connectivity index is 2.28. The van der Waals surface area contributed by atoms with Crippen LogP contribution in [0.15, 0.2) is 18.2 Å². The first-order valence-electron chi connectivity index (χ1n) is 5.51. The first-order valence-corrected chi connectivity index (χ1v) is 5.91. The van der Waals surface area contributed by atoms with Crippen LogP contribution in [0.1, 0.15) is 16.1 Å². The molecule has 8 heteroatoms. The Morgan fingerprint density at radius 1 is 1.42 bits per heavy atom. The average molecular weight is 274 g/mol. The summed E-state index contributed by atoms with van der Waals surface area (Å²) in [4.78, 5) is 11.3. The van der Waals surface area contributed by atoms with Gasteiger partial charge in [0.2, 0.25) is 0 Å². The van der Waals surface area contributed by atoms with Gasteiger partial charge in [0.15, 0.2) is 16.6 Å². The number of nitrogens with one attached hydrogen (secondary N) is 2. The van der Waals surface area contributed by atoms with E-state index < -0.39 is 5.91 Å². The van der Waals surface area contributed by atoms with Crippen molar-refractivity contribution in [3.8, 4) is 5.69 Å². The van der Waals surface area contributed by atoms with Crippen LogP contribution in [0.2, 0.25) is 0 Å². The molecule has 1 aromatic heterocycles. The smallest absolute Gasteiger partial charge is 0.273 e. The molecule has 0 unspecified atom stereocenters. The second kappa shape index (κ2) is 4.02. The molecule has 96 valence electrons. The average Bonchev–Trinajstić information content (AvgIpc) is 2.67. The van der Waals surface area contributed by atoms with Gasteiger partial charge in [0.1, 0.15) is 0 Å². The number of primary amides is 1. The summed E-state index contributed by atoms with van der Waals surface area (Å²) in [5, 5.41) is 14.0. The number of nitrogens with two attached hydrogens (primary N) is 1. The van der Waals surface area contributed by atoms with E-state index in [-0.39, 0.29) is 5.69 Å². The second-order valence-electron chi connectivity index (χ2n) is 4.16. The van der Waals surface area contributed by atoms with Gasteiger partial charge in [-0.1, -0.05) is 11.3 Å².